The van der Waals surface area contributed by atoms with Gasteiger partial charge in [0.15, 0.2) is 0 Å². The fourth-order valence-electron chi connectivity index (χ4n) is 3.03. The number of fused-ring (bicyclic) bond motifs is 1. The van der Waals surface area contributed by atoms with Crippen LogP contribution in [-0.4, -0.2) is 41.6 Å². The van der Waals surface area contributed by atoms with Gasteiger partial charge >= 0.3 is 12.0 Å². The molecule has 102 valence electrons. The molecule has 0 aromatic carbocycles. The number of hydrogen-bond acceptors (Lipinski definition) is 2. The van der Waals surface area contributed by atoms with Gasteiger partial charge in [0.25, 0.3) is 0 Å². The number of hydrogen-bond donors (Lipinski definition) is 2. The van der Waals surface area contributed by atoms with Crippen molar-refractivity contribution in [2.75, 3.05) is 19.6 Å². The maximum Gasteiger partial charge on any atom is 0.317 e. The van der Waals surface area contributed by atoms with Crippen molar-refractivity contribution in [2.45, 2.75) is 32.6 Å². The predicted molar refractivity (Wildman–Crippen MR) is 67.2 cm³/mol. The van der Waals surface area contributed by atoms with E-state index in [1.165, 1.54) is 19.3 Å². The second kappa shape index (κ2) is 5.59. The first kappa shape index (κ1) is 13.2. The summed E-state index contributed by atoms with van der Waals surface area (Å²) in [7, 11) is 0. The average Bonchev–Trinajstić information content (AvgIpc) is 2.88. The zero-order valence-electron chi connectivity index (χ0n) is 10.9. The lowest BCUT2D eigenvalue weighted by Crippen LogP contribution is -2.39. The van der Waals surface area contributed by atoms with Crippen molar-refractivity contribution in [3.8, 4) is 0 Å². The molecule has 3 atom stereocenters. The number of aliphatic carboxylic acids is 1. The lowest BCUT2D eigenvalue weighted by Gasteiger charge is -2.18. The van der Waals surface area contributed by atoms with Crippen molar-refractivity contribution >= 4 is 12.0 Å². The van der Waals surface area contributed by atoms with Crippen LogP contribution in [0.3, 0.4) is 0 Å². The van der Waals surface area contributed by atoms with Gasteiger partial charge in [0.2, 0.25) is 0 Å². The van der Waals surface area contributed by atoms with Crippen LogP contribution in [-0.2, 0) is 4.79 Å². The molecule has 1 aliphatic heterocycles. The van der Waals surface area contributed by atoms with Crippen molar-refractivity contribution in [3.63, 3.8) is 0 Å². The molecule has 1 saturated carbocycles. The number of nitrogens with one attached hydrogen (secondary N) is 1. The molecule has 2 N–H and O–H groups in total. The van der Waals surface area contributed by atoms with Crippen molar-refractivity contribution in [1.29, 1.82) is 0 Å². The van der Waals surface area contributed by atoms with Gasteiger partial charge < -0.3 is 15.3 Å². The summed E-state index contributed by atoms with van der Waals surface area (Å²) in [6.45, 7) is 3.86. The van der Waals surface area contributed by atoms with Crippen LogP contribution in [0.5, 0.6) is 0 Å². The van der Waals surface area contributed by atoms with E-state index in [0.717, 1.165) is 13.1 Å². The van der Waals surface area contributed by atoms with Crippen LogP contribution in [0.1, 0.15) is 32.6 Å². The highest BCUT2D eigenvalue weighted by atomic mass is 16.4. The lowest BCUT2D eigenvalue weighted by molar-refractivity contribution is -0.141. The molecule has 0 aromatic heterocycles. The third-order valence-corrected chi connectivity index (χ3v) is 4.29. The molecule has 5 heteroatoms. The fourth-order valence-corrected chi connectivity index (χ4v) is 3.03. The number of amides is 2. The highest BCUT2D eigenvalue weighted by Crippen LogP contribution is 2.37. The second-order valence-electron chi connectivity index (χ2n) is 5.62. The quantitative estimate of drug-likeness (QED) is 0.799. The van der Waals surface area contributed by atoms with Crippen LogP contribution in [0.25, 0.3) is 0 Å². The largest absolute Gasteiger partial charge is 0.481 e. The van der Waals surface area contributed by atoms with E-state index in [1.54, 1.807) is 6.92 Å². The van der Waals surface area contributed by atoms with E-state index in [0.29, 0.717) is 24.8 Å². The molecule has 18 heavy (non-hydrogen) atoms. The van der Waals surface area contributed by atoms with Gasteiger partial charge in [-0.3, -0.25) is 4.79 Å². The minimum absolute atomic E-state index is 0.0259. The Bertz CT molecular complexity index is 320. The summed E-state index contributed by atoms with van der Waals surface area (Å²) < 4.78 is 0. The maximum atomic E-state index is 11.9. The molecule has 1 aliphatic carbocycles. The second-order valence-corrected chi connectivity index (χ2v) is 5.62. The summed E-state index contributed by atoms with van der Waals surface area (Å²) in [5, 5.41) is 11.6. The molecule has 2 aliphatic rings. The predicted octanol–water partition coefficient (Wildman–Crippen LogP) is 1.54. The number of carbonyl (C=O) groups excluding carboxylic acids is 1. The smallest absolute Gasteiger partial charge is 0.317 e. The van der Waals surface area contributed by atoms with Gasteiger partial charge in [0.1, 0.15) is 0 Å². The van der Waals surface area contributed by atoms with E-state index in [9.17, 15) is 9.59 Å². The number of carbonyl (C=O) groups is 2. The zero-order chi connectivity index (χ0) is 13.1. The van der Waals surface area contributed by atoms with Gasteiger partial charge in [-0.2, -0.15) is 0 Å². The molecule has 1 saturated heterocycles. The highest BCUT2D eigenvalue weighted by molar-refractivity contribution is 5.74. The number of rotatable bonds is 4. The zero-order valence-corrected chi connectivity index (χ0v) is 10.9. The van der Waals surface area contributed by atoms with Gasteiger partial charge in [-0.05, 0) is 31.1 Å². The maximum absolute atomic E-state index is 11.9. The van der Waals surface area contributed by atoms with E-state index >= 15 is 0 Å². The van der Waals surface area contributed by atoms with Crippen LogP contribution in [0.15, 0.2) is 0 Å². The molecule has 0 aromatic rings. The number of likely N-dealkylation sites (tertiary alicyclic amines) is 1. The SMILES string of the molecule is CC(CCNC(=O)N1CC2CCCC2C1)C(=O)O. The molecule has 1 heterocycles. The number of carboxylic acids is 1. The van der Waals surface area contributed by atoms with Crippen LogP contribution in [0.4, 0.5) is 4.79 Å². The van der Waals surface area contributed by atoms with Crippen LogP contribution < -0.4 is 5.32 Å². The Kier molecular flexibility index (Phi) is 4.09. The third kappa shape index (κ3) is 2.94. The first-order chi connectivity index (χ1) is 8.58. The minimum Gasteiger partial charge on any atom is -0.481 e. The Labute approximate surface area is 108 Å². The Hall–Kier alpha value is -1.26. The van der Waals surface area contributed by atoms with Crippen LogP contribution in [0.2, 0.25) is 0 Å². The first-order valence-corrected chi connectivity index (χ1v) is 6.83. The molecule has 0 radical (unpaired) electrons. The normalized spacial score (nSPS) is 27.9. The monoisotopic (exact) mass is 254 g/mol. The fraction of sp³-hybridized carbons (Fsp3) is 0.846. The summed E-state index contributed by atoms with van der Waals surface area (Å²) in [6.07, 6.45) is 4.30. The summed E-state index contributed by atoms with van der Waals surface area (Å²) in [5.41, 5.74) is 0. The van der Waals surface area contributed by atoms with Crippen LogP contribution >= 0.6 is 0 Å². The standard InChI is InChI=1S/C13H22N2O3/c1-9(12(16)17)5-6-14-13(18)15-7-10-3-2-4-11(10)8-15/h9-11H,2-8H2,1H3,(H,14,18)(H,16,17). The topological polar surface area (TPSA) is 69.6 Å². The van der Waals surface area contributed by atoms with E-state index in [-0.39, 0.29) is 6.03 Å². The average molecular weight is 254 g/mol. The molecular formula is C13H22N2O3. The molecule has 2 amide bonds. The van der Waals surface area contributed by atoms with Crippen molar-refractivity contribution in [2.24, 2.45) is 17.8 Å². The molecule has 0 bridgehead atoms. The highest BCUT2D eigenvalue weighted by Gasteiger charge is 2.37. The van der Waals surface area contributed by atoms with Crippen molar-refractivity contribution in [1.82, 2.24) is 10.2 Å². The summed E-state index contributed by atoms with van der Waals surface area (Å²) in [4.78, 5) is 24.4. The number of carboxylic acid groups (broad SMARTS) is 1. The van der Waals surface area contributed by atoms with E-state index in [2.05, 4.69) is 5.32 Å². The van der Waals surface area contributed by atoms with E-state index in [1.807, 2.05) is 4.90 Å². The Morgan fingerprint density at radius 3 is 2.50 bits per heavy atom. The van der Waals surface area contributed by atoms with Gasteiger partial charge in [-0.15, -0.1) is 0 Å². The lowest BCUT2D eigenvalue weighted by atomic mass is 10.0. The van der Waals surface area contributed by atoms with Gasteiger partial charge in [0.05, 0.1) is 5.92 Å². The molecule has 0 spiro atoms. The van der Waals surface area contributed by atoms with Gasteiger partial charge in [0, 0.05) is 19.6 Å². The van der Waals surface area contributed by atoms with E-state index in [4.69, 9.17) is 5.11 Å². The summed E-state index contributed by atoms with van der Waals surface area (Å²) >= 11 is 0. The summed E-state index contributed by atoms with van der Waals surface area (Å²) in [6, 6.07) is -0.0259. The Morgan fingerprint density at radius 2 is 1.94 bits per heavy atom. The number of urea groups is 1. The molecule has 2 fully saturated rings. The molecular weight excluding hydrogens is 232 g/mol. The van der Waals surface area contributed by atoms with Crippen LogP contribution in [0, 0.1) is 17.8 Å². The molecule has 3 unspecified atom stereocenters. The molecule has 2 rings (SSSR count). The van der Waals surface area contributed by atoms with E-state index < -0.39 is 11.9 Å². The minimum atomic E-state index is -0.806. The van der Waals surface area contributed by atoms with Crippen molar-refractivity contribution in [3.05, 3.63) is 0 Å². The first-order valence-electron chi connectivity index (χ1n) is 6.83. The third-order valence-electron chi connectivity index (χ3n) is 4.29. The summed E-state index contributed by atoms with van der Waals surface area (Å²) in [5.74, 6) is 0.200. The molecule has 5 nitrogen and oxygen atoms in total. The van der Waals surface area contributed by atoms with Crippen molar-refractivity contribution < 1.29 is 14.7 Å². The van der Waals surface area contributed by atoms with Gasteiger partial charge in [-0.1, -0.05) is 13.3 Å². The Balaban J connectivity index is 1.68. The number of nitrogens with zero attached hydrogens (tertiary/aromatic N) is 1. The Morgan fingerprint density at radius 1 is 1.33 bits per heavy atom. The van der Waals surface area contributed by atoms with Gasteiger partial charge in [-0.25, -0.2) is 4.79 Å².